The highest BCUT2D eigenvalue weighted by atomic mass is 14.5. The first-order valence-electron chi connectivity index (χ1n) is 26.3. The van der Waals surface area contributed by atoms with Crippen molar-refractivity contribution in [3.8, 4) is 0 Å². The molecule has 0 aliphatic heterocycles. The van der Waals surface area contributed by atoms with Crippen LogP contribution in [0.3, 0.4) is 0 Å². The molecule has 0 bridgehead atoms. The van der Waals surface area contributed by atoms with Crippen LogP contribution in [0, 0.1) is 13.8 Å². The summed E-state index contributed by atoms with van der Waals surface area (Å²) in [5, 5.41) is 0. The van der Waals surface area contributed by atoms with Gasteiger partial charge in [0.1, 0.15) is 0 Å². The van der Waals surface area contributed by atoms with Crippen molar-refractivity contribution in [2.45, 2.75) is 232 Å². The van der Waals surface area contributed by atoms with Gasteiger partial charge in [0.25, 0.3) is 0 Å². The van der Waals surface area contributed by atoms with Gasteiger partial charge in [-0.1, -0.05) is 229 Å². The molecule has 0 aromatic heterocycles. The summed E-state index contributed by atoms with van der Waals surface area (Å²) in [6.45, 7) is 9.04. The molecule has 0 saturated carbocycles. The van der Waals surface area contributed by atoms with E-state index in [1.54, 1.807) is 0 Å². The quantitative estimate of drug-likeness (QED) is 0.0358. The third-order valence-electron chi connectivity index (χ3n) is 14.0. The van der Waals surface area contributed by atoms with Gasteiger partial charge < -0.3 is 11.5 Å². The number of benzene rings is 4. The van der Waals surface area contributed by atoms with Gasteiger partial charge in [-0.05, 0) is 121 Å². The largest absolute Gasteiger partial charge is 0.399 e. The first-order valence-corrected chi connectivity index (χ1v) is 26.3. The summed E-state index contributed by atoms with van der Waals surface area (Å²) in [4.78, 5) is 0. The molecule has 2 heteroatoms. The molecule has 2 unspecified atom stereocenters. The van der Waals surface area contributed by atoms with E-state index in [-0.39, 0.29) is 0 Å². The summed E-state index contributed by atoms with van der Waals surface area (Å²) in [6.07, 6.45) is 40.7. The third kappa shape index (κ3) is 19.9. The lowest BCUT2D eigenvalue weighted by Crippen LogP contribution is -2.05. The van der Waals surface area contributed by atoms with Crippen molar-refractivity contribution >= 4 is 11.4 Å². The van der Waals surface area contributed by atoms with Crippen LogP contribution in [0.4, 0.5) is 11.4 Å². The van der Waals surface area contributed by atoms with Crippen LogP contribution in [-0.4, -0.2) is 0 Å². The molecule has 0 saturated heterocycles. The van der Waals surface area contributed by atoms with E-state index in [1.807, 2.05) is 0 Å². The molecule has 0 radical (unpaired) electrons. The Hall–Kier alpha value is -3.52. The van der Waals surface area contributed by atoms with Crippen LogP contribution >= 0.6 is 0 Å². The second kappa shape index (κ2) is 31.3. The molecule has 4 rings (SSSR count). The fourth-order valence-electron chi connectivity index (χ4n) is 10.1. The molecule has 0 spiro atoms. The fourth-order valence-corrected chi connectivity index (χ4v) is 10.1. The number of aryl methyl sites for hydroxylation is 4. The van der Waals surface area contributed by atoms with Crippen molar-refractivity contribution in [1.29, 1.82) is 0 Å². The lowest BCUT2D eigenvalue weighted by molar-refractivity contribution is 0.524. The summed E-state index contributed by atoms with van der Waals surface area (Å²) in [5.74, 6) is 0.936. The van der Waals surface area contributed by atoms with E-state index in [2.05, 4.69) is 113 Å². The standard InChI is InChI=1S/C60H92N2/c1-5-7-9-29-33-59(57-45-43-55(61)47-49(57)3)53-39-35-51(36-40-53)31-27-25-23-21-19-17-15-13-11-12-14-16-18-20-22-24-26-28-32-52-37-41-54(42-38-52)60(34-30-10-8-6-2)58-46-44-56(62)48-50(58)4/h35-48,59-60H,5-34,61-62H2,1-4H3. The Bertz CT molecular complexity index is 1590. The SMILES string of the molecule is CCCCCCC(c1ccc(CCCCCCCCCCCCCCCCCCCCc2ccc(C(CCCCCC)c3ccc(N)cc3C)cc2)cc1)c1ccc(N)cc1C. The zero-order valence-electron chi connectivity index (χ0n) is 40.6. The lowest BCUT2D eigenvalue weighted by atomic mass is 9.84. The Morgan fingerprint density at radius 2 is 0.629 bits per heavy atom. The molecular weight excluding hydrogens is 749 g/mol. The minimum Gasteiger partial charge on any atom is -0.399 e. The predicted octanol–water partition coefficient (Wildman–Crippen LogP) is 18.5. The zero-order chi connectivity index (χ0) is 44.0. The number of nitrogens with two attached hydrogens (primary N) is 2. The Balaban J connectivity index is 0.948. The molecule has 0 aliphatic carbocycles. The molecule has 4 N–H and O–H groups in total. The highest BCUT2D eigenvalue weighted by Crippen LogP contribution is 2.35. The molecular formula is C60H92N2. The topological polar surface area (TPSA) is 52.0 Å². The average molecular weight is 841 g/mol. The van der Waals surface area contributed by atoms with Crippen molar-refractivity contribution in [3.63, 3.8) is 0 Å². The van der Waals surface area contributed by atoms with E-state index in [9.17, 15) is 0 Å². The lowest BCUT2D eigenvalue weighted by Gasteiger charge is -2.21. The Morgan fingerprint density at radius 3 is 0.919 bits per heavy atom. The Morgan fingerprint density at radius 1 is 0.339 bits per heavy atom. The molecule has 0 fully saturated rings. The Kier molecular flexibility index (Phi) is 25.8. The van der Waals surface area contributed by atoms with Crippen molar-refractivity contribution in [2.75, 3.05) is 11.5 Å². The maximum Gasteiger partial charge on any atom is 0.0316 e. The first-order chi connectivity index (χ1) is 30.4. The van der Waals surface area contributed by atoms with Crippen LogP contribution in [0.25, 0.3) is 0 Å². The van der Waals surface area contributed by atoms with E-state index in [1.165, 1.54) is 237 Å². The molecule has 2 nitrogen and oxygen atoms in total. The van der Waals surface area contributed by atoms with Gasteiger partial charge in [0.2, 0.25) is 0 Å². The summed E-state index contributed by atoms with van der Waals surface area (Å²) < 4.78 is 0. The Labute approximate surface area is 382 Å². The number of hydrogen-bond donors (Lipinski definition) is 2. The minimum atomic E-state index is 0.468. The monoisotopic (exact) mass is 841 g/mol. The summed E-state index contributed by atoms with van der Waals surface area (Å²) in [7, 11) is 0. The number of nitrogen functional groups attached to an aromatic ring is 2. The van der Waals surface area contributed by atoms with Crippen LogP contribution < -0.4 is 11.5 Å². The molecule has 342 valence electrons. The summed E-state index contributed by atoms with van der Waals surface area (Å²) in [6, 6.07) is 32.2. The van der Waals surface area contributed by atoms with Gasteiger partial charge in [-0.2, -0.15) is 0 Å². The van der Waals surface area contributed by atoms with Crippen LogP contribution in [0.1, 0.15) is 250 Å². The highest BCUT2D eigenvalue weighted by Gasteiger charge is 2.18. The normalized spacial score (nSPS) is 12.5. The van der Waals surface area contributed by atoms with Crippen molar-refractivity contribution in [2.24, 2.45) is 0 Å². The number of anilines is 2. The molecule has 62 heavy (non-hydrogen) atoms. The van der Waals surface area contributed by atoms with Gasteiger partial charge in [-0.25, -0.2) is 0 Å². The van der Waals surface area contributed by atoms with Gasteiger partial charge >= 0.3 is 0 Å². The molecule has 0 amide bonds. The number of unbranched alkanes of at least 4 members (excludes halogenated alkanes) is 23. The maximum absolute atomic E-state index is 6.10. The third-order valence-corrected chi connectivity index (χ3v) is 14.0. The smallest absolute Gasteiger partial charge is 0.0316 e. The van der Waals surface area contributed by atoms with Crippen LogP contribution in [0.15, 0.2) is 84.9 Å². The second-order valence-electron chi connectivity index (χ2n) is 19.4. The van der Waals surface area contributed by atoms with E-state index in [0.717, 1.165) is 11.4 Å². The molecule has 2 atom stereocenters. The average Bonchev–Trinajstić information content (AvgIpc) is 3.27. The van der Waals surface area contributed by atoms with E-state index >= 15 is 0 Å². The molecule has 0 heterocycles. The van der Waals surface area contributed by atoms with Crippen molar-refractivity contribution in [1.82, 2.24) is 0 Å². The fraction of sp³-hybridized carbons (Fsp3) is 0.600. The molecule has 0 aliphatic rings. The summed E-state index contributed by atoms with van der Waals surface area (Å²) >= 11 is 0. The van der Waals surface area contributed by atoms with Crippen LogP contribution in [-0.2, 0) is 12.8 Å². The number of hydrogen-bond acceptors (Lipinski definition) is 2. The predicted molar refractivity (Wildman–Crippen MR) is 276 cm³/mol. The van der Waals surface area contributed by atoms with Crippen molar-refractivity contribution in [3.05, 3.63) is 129 Å². The van der Waals surface area contributed by atoms with Gasteiger partial charge in [0, 0.05) is 23.2 Å². The van der Waals surface area contributed by atoms with E-state index in [4.69, 9.17) is 11.5 Å². The summed E-state index contributed by atoms with van der Waals surface area (Å²) in [5.41, 5.74) is 25.4. The van der Waals surface area contributed by atoms with E-state index in [0.29, 0.717) is 11.8 Å². The van der Waals surface area contributed by atoms with E-state index < -0.39 is 0 Å². The van der Waals surface area contributed by atoms with Gasteiger partial charge in [-0.15, -0.1) is 0 Å². The molecule has 4 aromatic carbocycles. The van der Waals surface area contributed by atoms with Gasteiger partial charge in [0.15, 0.2) is 0 Å². The van der Waals surface area contributed by atoms with Crippen LogP contribution in [0.5, 0.6) is 0 Å². The zero-order valence-corrected chi connectivity index (χ0v) is 40.6. The van der Waals surface area contributed by atoms with Gasteiger partial charge in [-0.3, -0.25) is 0 Å². The second-order valence-corrected chi connectivity index (χ2v) is 19.4. The highest BCUT2D eigenvalue weighted by molar-refractivity contribution is 5.49. The van der Waals surface area contributed by atoms with Crippen LogP contribution in [0.2, 0.25) is 0 Å². The first kappa shape index (κ1) is 51.1. The number of rotatable bonds is 35. The molecule has 4 aromatic rings. The maximum atomic E-state index is 6.10. The van der Waals surface area contributed by atoms with Crippen molar-refractivity contribution < 1.29 is 0 Å². The minimum absolute atomic E-state index is 0.468. The van der Waals surface area contributed by atoms with Gasteiger partial charge in [0.05, 0.1) is 0 Å².